The van der Waals surface area contributed by atoms with Crippen LogP contribution in [0.3, 0.4) is 0 Å². The van der Waals surface area contributed by atoms with Crippen LogP contribution in [0, 0.1) is 11.8 Å². The number of carbonyl (C=O) groups excluding carboxylic acids is 1. The molecule has 0 spiro atoms. The van der Waals surface area contributed by atoms with E-state index in [0.29, 0.717) is 17.4 Å². The number of amides is 1. The van der Waals surface area contributed by atoms with Gasteiger partial charge in [0.15, 0.2) is 0 Å². The molecule has 1 aromatic rings. The monoisotopic (exact) mass is 207 g/mol. The van der Waals surface area contributed by atoms with Gasteiger partial charge in [-0.2, -0.15) is 0 Å². The van der Waals surface area contributed by atoms with Crippen LogP contribution in [0.25, 0.3) is 0 Å². The van der Waals surface area contributed by atoms with Crippen molar-refractivity contribution in [3.63, 3.8) is 0 Å². The topological polar surface area (TPSA) is 68.0 Å². The number of aromatic nitrogens is 1. The van der Waals surface area contributed by atoms with Crippen molar-refractivity contribution < 1.29 is 4.79 Å². The predicted octanol–water partition coefficient (Wildman–Crippen LogP) is 1.89. The Morgan fingerprint density at radius 2 is 2.07 bits per heavy atom. The van der Waals surface area contributed by atoms with Crippen LogP contribution in [0.15, 0.2) is 18.3 Å². The average Bonchev–Trinajstić information content (AvgIpc) is 2.20. The van der Waals surface area contributed by atoms with Gasteiger partial charge < -0.3 is 11.1 Å². The maximum absolute atomic E-state index is 11.7. The van der Waals surface area contributed by atoms with Crippen molar-refractivity contribution in [2.45, 2.75) is 20.8 Å². The fourth-order valence-corrected chi connectivity index (χ4v) is 1.02. The Morgan fingerprint density at radius 1 is 1.40 bits per heavy atom. The standard InChI is InChI=1S/C11H17N3O/c1-7(2)8(3)11(15)14-10-5-4-9(12)6-13-10/h4-8H,12H2,1-3H3,(H,13,14,15). The Labute approximate surface area is 89.9 Å². The van der Waals surface area contributed by atoms with Crippen LogP contribution >= 0.6 is 0 Å². The molecule has 1 heterocycles. The molecular weight excluding hydrogens is 190 g/mol. The lowest BCUT2D eigenvalue weighted by atomic mass is 9.97. The lowest BCUT2D eigenvalue weighted by Gasteiger charge is -2.14. The zero-order chi connectivity index (χ0) is 11.4. The second-order valence-corrected chi connectivity index (χ2v) is 4.00. The summed E-state index contributed by atoms with van der Waals surface area (Å²) in [5.41, 5.74) is 6.08. The third kappa shape index (κ3) is 3.23. The molecule has 1 atom stereocenters. The number of anilines is 2. The van der Waals surface area contributed by atoms with Crippen molar-refractivity contribution in [2.75, 3.05) is 11.1 Å². The van der Waals surface area contributed by atoms with Crippen LogP contribution in [0.2, 0.25) is 0 Å². The van der Waals surface area contributed by atoms with Gasteiger partial charge in [0.1, 0.15) is 5.82 Å². The van der Waals surface area contributed by atoms with Crippen LogP contribution in [0.5, 0.6) is 0 Å². The quantitative estimate of drug-likeness (QED) is 0.795. The Balaban J connectivity index is 2.62. The number of carbonyl (C=O) groups is 1. The Hall–Kier alpha value is -1.58. The summed E-state index contributed by atoms with van der Waals surface area (Å²) in [6.45, 7) is 5.93. The number of nitrogens with two attached hydrogens (primary N) is 1. The van der Waals surface area contributed by atoms with Gasteiger partial charge in [-0.1, -0.05) is 20.8 Å². The lowest BCUT2D eigenvalue weighted by Crippen LogP contribution is -2.24. The van der Waals surface area contributed by atoms with Gasteiger partial charge in [-0.05, 0) is 18.1 Å². The molecule has 82 valence electrons. The van der Waals surface area contributed by atoms with Crippen molar-refractivity contribution in [3.8, 4) is 0 Å². The first-order valence-electron chi connectivity index (χ1n) is 5.03. The molecule has 4 nitrogen and oxygen atoms in total. The fourth-order valence-electron chi connectivity index (χ4n) is 1.02. The summed E-state index contributed by atoms with van der Waals surface area (Å²) in [5, 5.41) is 2.74. The van der Waals surface area contributed by atoms with Crippen molar-refractivity contribution >= 4 is 17.4 Å². The van der Waals surface area contributed by atoms with Crippen molar-refractivity contribution in [1.82, 2.24) is 4.98 Å². The van der Waals surface area contributed by atoms with E-state index in [1.807, 2.05) is 20.8 Å². The first-order valence-corrected chi connectivity index (χ1v) is 5.03. The molecule has 15 heavy (non-hydrogen) atoms. The summed E-state index contributed by atoms with van der Waals surface area (Å²) < 4.78 is 0. The summed E-state index contributed by atoms with van der Waals surface area (Å²) in [4.78, 5) is 15.7. The number of pyridine rings is 1. The van der Waals surface area contributed by atoms with E-state index in [1.54, 1.807) is 12.1 Å². The van der Waals surface area contributed by atoms with Crippen molar-refractivity contribution in [2.24, 2.45) is 11.8 Å². The molecule has 3 N–H and O–H groups in total. The molecule has 1 aromatic heterocycles. The zero-order valence-electron chi connectivity index (χ0n) is 9.32. The highest BCUT2D eigenvalue weighted by atomic mass is 16.1. The molecule has 0 radical (unpaired) electrons. The molecule has 0 aliphatic carbocycles. The first kappa shape index (κ1) is 11.5. The Morgan fingerprint density at radius 3 is 2.53 bits per heavy atom. The van der Waals surface area contributed by atoms with Gasteiger partial charge in [-0.15, -0.1) is 0 Å². The Kier molecular flexibility index (Phi) is 3.66. The van der Waals surface area contributed by atoms with E-state index in [1.165, 1.54) is 6.20 Å². The smallest absolute Gasteiger partial charge is 0.228 e. The van der Waals surface area contributed by atoms with E-state index in [2.05, 4.69) is 10.3 Å². The van der Waals surface area contributed by atoms with Crippen LogP contribution in [0.4, 0.5) is 11.5 Å². The van der Waals surface area contributed by atoms with E-state index in [9.17, 15) is 4.79 Å². The summed E-state index contributed by atoms with van der Waals surface area (Å²) in [7, 11) is 0. The molecule has 0 aromatic carbocycles. The number of nitrogens with zero attached hydrogens (tertiary/aromatic N) is 1. The summed E-state index contributed by atoms with van der Waals surface area (Å²) >= 11 is 0. The van der Waals surface area contributed by atoms with E-state index < -0.39 is 0 Å². The predicted molar refractivity (Wildman–Crippen MR) is 61.3 cm³/mol. The average molecular weight is 207 g/mol. The molecule has 0 saturated carbocycles. The number of hydrogen-bond acceptors (Lipinski definition) is 3. The molecule has 1 amide bonds. The number of nitrogen functional groups attached to an aromatic ring is 1. The van der Waals surface area contributed by atoms with Crippen LogP contribution in [-0.2, 0) is 4.79 Å². The molecular formula is C11H17N3O. The maximum Gasteiger partial charge on any atom is 0.228 e. The minimum atomic E-state index is -0.0237. The number of rotatable bonds is 3. The van der Waals surface area contributed by atoms with Crippen molar-refractivity contribution in [3.05, 3.63) is 18.3 Å². The first-order chi connectivity index (χ1) is 7.00. The van der Waals surface area contributed by atoms with Gasteiger partial charge in [-0.3, -0.25) is 4.79 Å². The molecule has 0 aliphatic heterocycles. The van der Waals surface area contributed by atoms with Crippen molar-refractivity contribution in [1.29, 1.82) is 0 Å². The number of nitrogens with one attached hydrogen (secondary N) is 1. The van der Waals surface area contributed by atoms with Gasteiger partial charge in [-0.25, -0.2) is 4.98 Å². The molecule has 1 rings (SSSR count). The minimum absolute atomic E-state index is 0.0118. The number of hydrogen-bond donors (Lipinski definition) is 2. The van der Waals surface area contributed by atoms with Gasteiger partial charge in [0, 0.05) is 5.92 Å². The van der Waals surface area contributed by atoms with Gasteiger partial charge in [0.2, 0.25) is 5.91 Å². The molecule has 0 fully saturated rings. The van der Waals surface area contributed by atoms with Gasteiger partial charge in [0.05, 0.1) is 11.9 Å². The highest BCUT2D eigenvalue weighted by Gasteiger charge is 2.16. The largest absolute Gasteiger partial charge is 0.397 e. The maximum atomic E-state index is 11.7. The second kappa shape index (κ2) is 4.77. The van der Waals surface area contributed by atoms with E-state index in [0.717, 1.165) is 0 Å². The molecule has 1 unspecified atom stereocenters. The highest BCUT2D eigenvalue weighted by Crippen LogP contribution is 2.13. The lowest BCUT2D eigenvalue weighted by molar-refractivity contribution is -0.120. The second-order valence-electron chi connectivity index (χ2n) is 4.00. The SMILES string of the molecule is CC(C)C(C)C(=O)Nc1ccc(N)cn1. The Bertz CT molecular complexity index is 332. The van der Waals surface area contributed by atoms with Crippen LogP contribution < -0.4 is 11.1 Å². The minimum Gasteiger partial charge on any atom is -0.397 e. The van der Waals surface area contributed by atoms with Crippen LogP contribution in [-0.4, -0.2) is 10.9 Å². The summed E-state index contributed by atoms with van der Waals surface area (Å²) in [6.07, 6.45) is 1.52. The molecule has 0 saturated heterocycles. The molecule has 0 aliphatic rings. The third-order valence-electron chi connectivity index (χ3n) is 2.45. The van der Waals surface area contributed by atoms with E-state index >= 15 is 0 Å². The molecule has 4 heteroatoms. The van der Waals surface area contributed by atoms with Gasteiger partial charge >= 0.3 is 0 Å². The van der Waals surface area contributed by atoms with E-state index in [4.69, 9.17) is 5.73 Å². The van der Waals surface area contributed by atoms with E-state index in [-0.39, 0.29) is 11.8 Å². The summed E-state index contributed by atoms with van der Waals surface area (Å²) in [5.74, 6) is 0.826. The summed E-state index contributed by atoms with van der Waals surface area (Å²) in [6, 6.07) is 3.41. The van der Waals surface area contributed by atoms with Gasteiger partial charge in [0.25, 0.3) is 0 Å². The zero-order valence-corrected chi connectivity index (χ0v) is 9.32. The van der Waals surface area contributed by atoms with Crippen LogP contribution in [0.1, 0.15) is 20.8 Å². The highest BCUT2D eigenvalue weighted by molar-refractivity contribution is 5.91. The fraction of sp³-hybridized carbons (Fsp3) is 0.455. The molecule has 0 bridgehead atoms. The normalized spacial score (nSPS) is 12.5. The third-order valence-corrected chi connectivity index (χ3v) is 2.45.